The van der Waals surface area contributed by atoms with Crippen LogP contribution in [-0.2, 0) is 6.18 Å². The number of halogens is 3. The average molecular weight is 283 g/mol. The summed E-state index contributed by atoms with van der Waals surface area (Å²) in [5, 5.41) is 8.91. The van der Waals surface area contributed by atoms with E-state index in [0.717, 1.165) is 18.9 Å². The lowest BCUT2D eigenvalue weighted by molar-refractivity contribution is -0.137. The Morgan fingerprint density at radius 3 is 2.55 bits per heavy atom. The zero-order valence-electron chi connectivity index (χ0n) is 11.1. The van der Waals surface area contributed by atoms with E-state index in [-0.39, 0.29) is 11.6 Å². The summed E-state index contributed by atoms with van der Waals surface area (Å²) in [5.74, 6) is 0.498. The summed E-state index contributed by atoms with van der Waals surface area (Å²) in [5.41, 5.74) is 5.08. The van der Waals surface area contributed by atoms with Gasteiger partial charge in [-0.2, -0.15) is 18.4 Å². The van der Waals surface area contributed by atoms with Crippen LogP contribution in [0.15, 0.2) is 18.2 Å². The molecule has 1 saturated carbocycles. The molecule has 1 aliphatic rings. The minimum absolute atomic E-state index is 0.110. The van der Waals surface area contributed by atoms with Crippen LogP contribution in [0.2, 0.25) is 0 Å². The number of alkyl halides is 3. The Morgan fingerprint density at radius 2 is 2.10 bits per heavy atom. The molecule has 0 spiro atoms. The molecule has 0 amide bonds. The monoisotopic (exact) mass is 283 g/mol. The number of rotatable bonds is 4. The summed E-state index contributed by atoms with van der Waals surface area (Å²) >= 11 is 0. The van der Waals surface area contributed by atoms with Crippen molar-refractivity contribution >= 4 is 5.69 Å². The van der Waals surface area contributed by atoms with Gasteiger partial charge in [0.15, 0.2) is 0 Å². The van der Waals surface area contributed by atoms with Crippen LogP contribution in [0, 0.1) is 17.2 Å². The highest BCUT2D eigenvalue weighted by Gasteiger charge is 2.35. The van der Waals surface area contributed by atoms with E-state index in [0.29, 0.717) is 18.2 Å². The number of hydrogen-bond acceptors (Lipinski definition) is 3. The summed E-state index contributed by atoms with van der Waals surface area (Å²) in [4.78, 5) is 1.87. The zero-order valence-corrected chi connectivity index (χ0v) is 11.1. The van der Waals surface area contributed by atoms with Crippen LogP contribution in [0.1, 0.15) is 24.0 Å². The van der Waals surface area contributed by atoms with Crippen LogP contribution in [0.4, 0.5) is 18.9 Å². The topological polar surface area (TPSA) is 53.0 Å². The summed E-state index contributed by atoms with van der Waals surface area (Å²) in [7, 11) is 1.81. The number of nitrogens with zero attached hydrogens (tertiary/aromatic N) is 2. The average Bonchev–Trinajstić information content (AvgIpc) is 3.22. The number of likely N-dealkylation sites (N-methyl/N-ethyl adjacent to an activating group) is 1. The second-order valence-electron chi connectivity index (χ2n) is 5.09. The molecule has 0 heterocycles. The van der Waals surface area contributed by atoms with Crippen molar-refractivity contribution in [1.29, 1.82) is 5.26 Å². The fourth-order valence-electron chi connectivity index (χ4n) is 2.43. The molecule has 1 unspecified atom stereocenters. The molecule has 1 aromatic rings. The first-order valence-corrected chi connectivity index (χ1v) is 6.42. The maximum atomic E-state index is 12.7. The lowest BCUT2D eigenvalue weighted by Gasteiger charge is -2.29. The van der Waals surface area contributed by atoms with Crippen molar-refractivity contribution < 1.29 is 13.2 Å². The normalized spacial score (nSPS) is 16.6. The first-order valence-electron chi connectivity index (χ1n) is 6.42. The number of benzene rings is 1. The summed E-state index contributed by atoms with van der Waals surface area (Å²) in [6, 6.07) is 5.38. The maximum Gasteiger partial charge on any atom is 0.417 e. The number of nitrogens with two attached hydrogens (primary N) is 1. The van der Waals surface area contributed by atoms with Crippen molar-refractivity contribution in [3.8, 4) is 6.07 Å². The third kappa shape index (κ3) is 2.88. The van der Waals surface area contributed by atoms with Crippen molar-refractivity contribution in [3.05, 3.63) is 29.3 Å². The Hall–Kier alpha value is -1.74. The van der Waals surface area contributed by atoms with Gasteiger partial charge in [0.25, 0.3) is 0 Å². The lowest BCUT2D eigenvalue weighted by atomic mass is 10.0. The third-order valence-corrected chi connectivity index (χ3v) is 3.74. The molecule has 0 saturated heterocycles. The van der Waals surface area contributed by atoms with Gasteiger partial charge in [0.2, 0.25) is 0 Å². The van der Waals surface area contributed by atoms with E-state index in [1.165, 1.54) is 12.1 Å². The Morgan fingerprint density at radius 1 is 1.45 bits per heavy atom. The predicted octanol–water partition coefficient (Wildman–Crippen LogP) is 2.75. The molecule has 3 nitrogen and oxygen atoms in total. The van der Waals surface area contributed by atoms with Gasteiger partial charge in [-0.1, -0.05) is 0 Å². The van der Waals surface area contributed by atoms with Crippen LogP contribution in [0.5, 0.6) is 0 Å². The molecule has 20 heavy (non-hydrogen) atoms. The van der Waals surface area contributed by atoms with Crippen LogP contribution in [0.3, 0.4) is 0 Å². The molecular weight excluding hydrogens is 267 g/mol. The van der Waals surface area contributed by atoms with Crippen LogP contribution >= 0.6 is 0 Å². The maximum absolute atomic E-state index is 12.7. The Bertz CT molecular complexity index is 529. The Labute approximate surface area is 115 Å². The molecule has 0 aliphatic heterocycles. The van der Waals surface area contributed by atoms with E-state index < -0.39 is 11.7 Å². The molecule has 2 rings (SSSR count). The van der Waals surface area contributed by atoms with Crippen molar-refractivity contribution in [3.63, 3.8) is 0 Å². The summed E-state index contributed by atoms with van der Waals surface area (Å²) in [6.07, 6.45) is -2.32. The second-order valence-corrected chi connectivity index (χ2v) is 5.09. The Balaban J connectivity index is 2.32. The highest BCUT2D eigenvalue weighted by Crippen LogP contribution is 2.38. The van der Waals surface area contributed by atoms with E-state index in [2.05, 4.69) is 0 Å². The molecule has 108 valence electrons. The van der Waals surface area contributed by atoms with E-state index >= 15 is 0 Å². The van der Waals surface area contributed by atoms with Crippen molar-refractivity contribution in [2.45, 2.75) is 25.1 Å². The molecule has 2 N–H and O–H groups in total. The van der Waals surface area contributed by atoms with Gasteiger partial charge in [0.1, 0.15) is 0 Å². The van der Waals surface area contributed by atoms with Gasteiger partial charge in [-0.15, -0.1) is 0 Å². The van der Waals surface area contributed by atoms with Gasteiger partial charge >= 0.3 is 6.18 Å². The fraction of sp³-hybridized carbons (Fsp3) is 0.500. The molecule has 1 aromatic carbocycles. The predicted molar refractivity (Wildman–Crippen MR) is 70.1 cm³/mol. The molecule has 0 aromatic heterocycles. The van der Waals surface area contributed by atoms with Crippen molar-refractivity contribution in [2.75, 3.05) is 18.5 Å². The van der Waals surface area contributed by atoms with Crippen molar-refractivity contribution in [2.24, 2.45) is 11.7 Å². The number of anilines is 1. The summed E-state index contributed by atoms with van der Waals surface area (Å²) in [6.45, 7) is 0.448. The van der Waals surface area contributed by atoms with E-state index in [4.69, 9.17) is 11.0 Å². The minimum Gasteiger partial charge on any atom is -0.370 e. The first-order chi connectivity index (χ1) is 9.38. The lowest BCUT2D eigenvalue weighted by Crippen LogP contribution is -2.39. The van der Waals surface area contributed by atoms with Gasteiger partial charge in [0, 0.05) is 25.3 Å². The van der Waals surface area contributed by atoms with E-state index in [1.807, 2.05) is 4.90 Å². The van der Waals surface area contributed by atoms with E-state index in [9.17, 15) is 13.2 Å². The third-order valence-electron chi connectivity index (χ3n) is 3.74. The first kappa shape index (κ1) is 14.7. The molecule has 1 atom stereocenters. The molecule has 6 heteroatoms. The van der Waals surface area contributed by atoms with Gasteiger partial charge in [-0.3, -0.25) is 0 Å². The van der Waals surface area contributed by atoms with Gasteiger partial charge in [-0.25, -0.2) is 0 Å². The van der Waals surface area contributed by atoms with Crippen LogP contribution < -0.4 is 10.6 Å². The molecular formula is C14H16F3N3. The van der Waals surface area contributed by atoms with Gasteiger partial charge < -0.3 is 10.6 Å². The van der Waals surface area contributed by atoms with Crippen molar-refractivity contribution in [1.82, 2.24) is 0 Å². The largest absolute Gasteiger partial charge is 0.417 e. The molecule has 1 aliphatic carbocycles. The van der Waals surface area contributed by atoms with Gasteiger partial charge in [0.05, 0.1) is 17.2 Å². The highest BCUT2D eigenvalue weighted by atomic mass is 19.4. The number of hydrogen-bond donors (Lipinski definition) is 1. The zero-order chi connectivity index (χ0) is 14.9. The molecule has 1 fully saturated rings. The standard InChI is InChI=1S/C14H16F3N3/c1-20(13(8-19)9-2-3-9)11-4-5-12(14(15,16)17)10(6-11)7-18/h4-6,9,13H,2-3,8,19H2,1H3. The number of nitriles is 1. The SMILES string of the molecule is CN(c1ccc(C(F)(F)F)c(C#N)c1)C(CN)C1CC1. The van der Waals surface area contributed by atoms with Gasteiger partial charge in [-0.05, 0) is 37.0 Å². The van der Waals surface area contributed by atoms with Crippen LogP contribution in [-0.4, -0.2) is 19.6 Å². The Kier molecular flexibility index (Phi) is 3.91. The second kappa shape index (κ2) is 5.33. The minimum atomic E-state index is -4.51. The smallest absolute Gasteiger partial charge is 0.370 e. The molecule has 0 bridgehead atoms. The van der Waals surface area contributed by atoms with E-state index in [1.54, 1.807) is 13.1 Å². The fourth-order valence-corrected chi connectivity index (χ4v) is 2.43. The quantitative estimate of drug-likeness (QED) is 0.924. The molecule has 0 radical (unpaired) electrons. The summed E-state index contributed by atoms with van der Waals surface area (Å²) < 4.78 is 38.2. The highest BCUT2D eigenvalue weighted by molar-refractivity contribution is 5.55. The van der Waals surface area contributed by atoms with Crippen LogP contribution in [0.25, 0.3) is 0 Å².